The fourth-order valence-corrected chi connectivity index (χ4v) is 0. The molecule has 0 aromatic heterocycles. The number of hydrogen-bond donors (Lipinski definition) is 1. The van der Waals surface area contributed by atoms with Crippen molar-refractivity contribution in [2.24, 2.45) is 0 Å². The molecule has 28 valence electrons. The van der Waals surface area contributed by atoms with Gasteiger partial charge in [0, 0.05) is 0 Å². The molecular formula is H3CoMnNNi+6. The summed E-state index contributed by atoms with van der Waals surface area (Å²) in [5, 5.41) is 0. The minimum atomic E-state index is 0. The first-order chi connectivity index (χ1) is 0. The molecule has 0 amide bonds. The van der Waals surface area contributed by atoms with Crippen molar-refractivity contribution in [2.45, 2.75) is 0 Å². The third kappa shape index (κ3) is 9.77. The van der Waals surface area contributed by atoms with Crippen LogP contribution in [0.4, 0.5) is 0 Å². The van der Waals surface area contributed by atoms with Crippen LogP contribution in [0.25, 0.3) is 0 Å². The predicted molar refractivity (Wildman–Crippen MR) is 5.02 cm³/mol. The molecule has 1 nitrogen and oxygen atoms in total. The zero-order chi connectivity index (χ0) is 0. The van der Waals surface area contributed by atoms with E-state index < -0.39 is 0 Å². The largest absolute Gasteiger partial charge is 2.00 e. The Morgan fingerprint density at radius 1 is 1.00 bits per heavy atom. The van der Waals surface area contributed by atoms with Crippen molar-refractivity contribution in [3.05, 3.63) is 0 Å². The Hall–Kier alpha value is 1.48. The molecular weight excluding hydrogens is 187 g/mol. The van der Waals surface area contributed by atoms with Crippen LogP contribution in [0, 0.1) is 0 Å². The van der Waals surface area contributed by atoms with Crippen molar-refractivity contribution in [1.82, 2.24) is 6.15 Å². The molecule has 0 bridgehead atoms. The summed E-state index contributed by atoms with van der Waals surface area (Å²) >= 11 is 0. The Morgan fingerprint density at radius 3 is 1.00 bits per heavy atom. The Morgan fingerprint density at radius 2 is 1.00 bits per heavy atom. The van der Waals surface area contributed by atoms with Crippen LogP contribution in [0.1, 0.15) is 0 Å². The van der Waals surface area contributed by atoms with Crippen LogP contribution in [0.2, 0.25) is 0 Å². The van der Waals surface area contributed by atoms with E-state index in [-0.39, 0.29) is 56.5 Å². The SMILES string of the molecule is N.[Co+2].[Mn+2].[Ni+2]. The summed E-state index contributed by atoms with van der Waals surface area (Å²) in [6.45, 7) is 0. The maximum atomic E-state index is 0. The molecule has 0 aliphatic carbocycles. The molecule has 0 unspecified atom stereocenters. The third-order valence-corrected chi connectivity index (χ3v) is 0. The van der Waals surface area contributed by atoms with Crippen LogP contribution in [0.15, 0.2) is 0 Å². The van der Waals surface area contributed by atoms with Crippen molar-refractivity contribution in [1.29, 1.82) is 0 Å². The van der Waals surface area contributed by atoms with E-state index in [4.69, 9.17) is 0 Å². The van der Waals surface area contributed by atoms with Crippen LogP contribution < -0.4 is 6.15 Å². The fraction of sp³-hybridized carbons (Fsp3) is 0. The third-order valence-electron chi connectivity index (χ3n) is 0. The molecule has 0 fully saturated rings. The Kier molecular flexibility index (Phi) is 311. The smallest absolute Gasteiger partial charge is 0.344 e. The molecule has 0 aliphatic rings. The molecule has 0 atom stereocenters. The normalized spacial score (nSPS) is 0. The monoisotopic (exact) mass is 189 g/mol. The van der Waals surface area contributed by atoms with Crippen LogP contribution >= 0.6 is 0 Å². The van der Waals surface area contributed by atoms with E-state index in [2.05, 4.69) is 0 Å². The minimum Gasteiger partial charge on any atom is -0.344 e. The van der Waals surface area contributed by atoms with E-state index in [1.54, 1.807) is 0 Å². The fourth-order valence-electron chi connectivity index (χ4n) is 0. The van der Waals surface area contributed by atoms with E-state index in [0.29, 0.717) is 0 Å². The van der Waals surface area contributed by atoms with Crippen molar-refractivity contribution >= 4 is 0 Å². The van der Waals surface area contributed by atoms with Crippen molar-refractivity contribution in [3.8, 4) is 0 Å². The summed E-state index contributed by atoms with van der Waals surface area (Å²) in [7, 11) is 0. The van der Waals surface area contributed by atoms with Gasteiger partial charge >= 0.3 is 50.3 Å². The second-order valence-corrected chi connectivity index (χ2v) is 0. The van der Waals surface area contributed by atoms with Crippen molar-refractivity contribution in [2.75, 3.05) is 0 Å². The zero-order valence-corrected chi connectivity index (χ0v) is 4.94. The average molecular weight is 190 g/mol. The molecule has 0 saturated heterocycles. The first-order valence-electron chi connectivity index (χ1n) is 0. The Bertz CT molecular complexity index is 8.00. The van der Waals surface area contributed by atoms with Gasteiger partial charge in [-0.1, -0.05) is 0 Å². The van der Waals surface area contributed by atoms with Crippen LogP contribution in [-0.2, 0) is 50.3 Å². The first kappa shape index (κ1) is 50.2. The predicted octanol–water partition coefficient (Wildman–Crippen LogP) is 0.154. The van der Waals surface area contributed by atoms with Gasteiger partial charge in [0.15, 0.2) is 0 Å². The molecule has 0 rings (SSSR count). The summed E-state index contributed by atoms with van der Waals surface area (Å²) in [5.74, 6) is 0. The van der Waals surface area contributed by atoms with E-state index in [1.165, 1.54) is 0 Å². The van der Waals surface area contributed by atoms with E-state index >= 15 is 0 Å². The summed E-state index contributed by atoms with van der Waals surface area (Å²) in [4.78, 5) is 0. The quantitative estimate of drug-likeness (QED) is 0.541. The van der Waals surface area contributed by atoms with Gasteiger partial charge in [-0.25, -0.2) is 0 Å². The molecule has 0 heterocycles. The molecule has 4 heavy (non-hydrogen) atoms. The molecule has 2 radical (unpaired) electrons. The molecule has 0 aromatic carbocycles. The standard InChI is InChI=1S/Co.Mn.H3N.Ni/h;;1H3;/q2*+2;;+2. The van der Waals surface area contributed by atoms with Crippen LogP contribution in [0.5, 0.6) is 0 Å². The van der Waals surface area contributed by atoms with Gasteiger partial charge in [0.05, 0.1) is 0 Å². The first-order valence-corrected chi connectivity index (χ1v) is 0. The maximum Gasteiger partial charge on any atom is 2.00 e. The van der Waals surface area contributed by atoms with Gasteiger partial charge in [0.1, 0.15) is 0 Å². The summed E-state index contributed by atoms with van der Waals surface area (Å²) in [5.41, 5.74) is 0. The molecule has 0 saturated carbocycles. The second kappa shape index (κ2) is 24.8. The molecule has 0 aliphatic heterocycles. The van der Waals surface area contributed by atoms with Gasteiger partial charge in [-0.05, 0) is 0 Å². The Labute approximate surface area is 56.5 Å². The zero-order valence-electron chi connectivity index (χ0n) is 1.73. The van der Waals surface area contributed by atoms with Gasteiger partial charge in [0.25, 0.3) is 0 Å². The molecule has 0 aromatic rings. The Balaban J connectivity index is 0. The maximum absolute atomic E-state index is 0. The van der Waals surface area contributed by atoms with Gasteiger partial charge in [0.2, 0.25) is 0 Å². The van der Waals surface area contributed by atoms with Crippen LogP contribution in [-0.4, -0.2) is 0 Å². The second-order valence-electron chi connectivity index (χ2n) is 0. The van der Waals surface area contributed by atoms with Gasteiger partial charge in [-0.15, -0.1) is 0 Å². The van der Waals surface area contributed by atoms with Gasteiger partial charge in [-0.3, -0.25) is 0 Å². The topological polar surface area (TPSA) is 35.0 Å². The number of rotatable bonds is 0. The molecule has 4 heteroatoms. The van der Waals surface area contributed by atoms with Gasteiger partial charge < -0.3 is 6.15 Å². The summed E-state index contributed by atoms with van der Waals surface area (Å²) < 4.78 is 0. The van der Waals surface area contributed by atoms with Crippen molar-refractivity contribution in [3.63, 3.8) is 0 Å². The average Bonchev–Trinajstić information content (AvgIpc) is 0. The summed E-state index contributed by atoms with van der Waals surface area (Å²) in [6, 6.07) is 0. The van der Waals surface area contributed by atoms with Crippen LogP contribution in [0.3, 0.4) is 0 Å². The molecule has 3 N–H and O–H groups in total. The van der Waals surface area contributed by atoms with E-state index in [9.17, 15) is 0 Å². The molecule has 0 spiro atoms. The van der Waals surface area contributed by atoms with E-state index in [0.717, 1.165) is 0 Å². The minimum absolute atomic E-state index is 0. The van der Waals surface area contributed by atoms with Crippen molar-refractivity contribution < 1.29 is 50.3 Å². The van der Waals surface area contributed by atoms with Gasteiger partial charge in [-0.2, -0.15) is 0 Å². The number of hydrogen-bond acceptors (Lipinski definition) is 1. The van der Waals surface area contributed by atoms with E-state index in [1.807, 2.05) is 0 Å². The summed E-state index contributed by atoms with van der Waals surface area (Å²) in [6.07, 6.45) is 0.